The van der Waals surface area contributed by atoms with E-state index in [1.165, 1.54) is 0 Å². The van der Waals surface area contributed by atoms with Crippen molar-refractivity contribution in [1.29, 1.82) is 0 Å². The van der Waals surface area contributed by atoms with Gasteiger partial charge in [-0.15, -0.1) is 0 Å². The van der Waals surface area contributed by atoms with E-state index >= 15 is 0 Å². The Morgan fingerprint density at radius 2 is 2.17 bits per heavy atom. The molecule has 0 radical (unpaired) electrons. The first kappa shape index (κ1) is 16.3. The molecule has 1 aliphatic heterocycles. The second-order valence-electron chi connectivity index (χ2n) is 5.87. The fourth-order valence-corrected chi connectivity index (χ4v) is 3.03. The molecule has 0 bridgehead atoms. The van der Waals surface area contributed by atoms with Gasteiger partial charge in [0.1, 0.15) is 0 Å². The van der Waals surface area contributed by atoms with E-state index in [1.54, 1.807) is 18.2 Å². The van der Waals surface area contributed by atoms with Gasteiger partial charge in [0.2, 0.25) is 0 Å². The van der Waals surface area contributed by atoms with Gasteiger partial charge in [0.25, 0.3) is 5.91 Å². The van der Waals surface area contributed by atoms with Crippen LogP contribution in [0.2, 0.25) is 5.02 Å². The van der Waals surface area contributed by atoms with Gasteiger partial charge in [0.15, 0.2) is 0 Å². The molecule has 2 aromatic rings. The number of rotatable bonds is 4. The maximum Gasteiger partial charge on any atom is 0.303 e. The molecule has 1 aromatic carbocycles. The molecule has 2 heterocycles. The highest BCUT2D eigenvalue weighted by atomic mass is 35.5. The molecule has 1 amide bonds. The lowest BCUT2D eigenvalue weighted by molar-refractivity contribution is -0.137. The van der Waals surface area contributed by atoms with Gasteiger partial charge in [-0.05, 0) is 54.8 Å². The number of carbonyl (C=O) groups is 2. The highest BCUT2D eigenvalue weighted by Crippen LogP contribution is 2.29. The third kappa shape index (κ3) is 3.51. The molecular weight excluding hydrogens is 328 g/mol. The molecule has 5 nitrogen and oxygen atoms in total. The number of nitrogens with one attached hydrogen (secondary N) is 2. The number of amides is 1. The first-order chi connectivity index (χ1) is 11.4. The zero-order chi connectivity index (χ0) is 17.3. The summed E-state index contributed by atoms with van der Waals surface area (Å²) in [6.45, 7) is 1.90. The summed E-state index contributed by atoms with van der Waals surface area (Å²) in [6.07, 6.45) is 2.85. The average molecular weight is 345 g/mol. The van der Waals surface area contributed by atoms with Gasteiger partial charge in [-0.2, -0.15) is 0 Å². The van der Waals surface area contributed by atoms with Crippen LogP contribution in [-0.4, -0.2) is 22.0 Å². The third-order valence-corrected chi connectivity index (χ3v) is 4.30. The SMILES string of the molecule is Cc1[nH]c(/C=C2/Cc3cc(Cl)ccc3NC2=O)cc1CCC(=O)O. The first-order valence-electron chi connectivity index (χ1n) is 7.63. The van der Waals surface area contributed by atoms with Crippen molar-refractivity contribution in [3.05, 3.63) is 57.4 Å². The van der Waals surface area contributed by atoms with E-state index in [2.05, 4.69) is 10.3 Å². The molecule has 0 spiro atoms. The van der Waals surface area contributed by atoms with Crippen LogP contribution in [0, 0.1) is 6.92 Å². The summed E-state index contributed by atoms with van der Waals surface area (Å²) in [7, 11) is 0. The maximum atomic E-state index is 12.2. The largest absolute Gasteiger partial charge is 0.481 e. The molecule has 0 unspecified atom stereocenters. The number of H-pyrrole nitrogens is 1. The van der Waals surface area contributed by atoms with Crippen LogP contribution in [-0.2, 0) is 22.4 Å². The van der Waals surface area contributed by atoms with Crippen LogP contribution < -0.4 is 5.32 Å². The standard InChI is InChI=1S/C18H17ClN2O3/c1-10-11(2-5-17(22)23)8-15(20-10)9-13-6-12-7-14(19)3-4-16(12)21-18(13)24/h3-4,7-9,20H,2,5-6H2,1H3,(H,21,24)(H,22,23)/b13-9-. The number of aromatic amines is 1. The number of hydrogen-bond donors (Lipinski definition) is 3. The minimum Gasteiger partial charge on any atom is -0.481 e. The van der Waals surface area contributed by atoms with Crippen LogP contribution in [0.1, 0.15) is 28.9 Å². The van der Waals surface area contributed by atoms with Gasteiger partial charge in [-0.25, -0.2) is 0 Å². The highest BCUT2D eigenvalue weighted by Gasteiger charge is 2.20. The number of carboxylic acid groups (broad SMARTS) is 1. The molecule has 1 aliphatic rings. The maximum absolute atomic E-state index is 12.2. The van der Waals surface area contributed by atoms with Gasteiger partial charge in [0.05, 0.1) is 0 Å². The Morgan fingerprint density at radius 3 is 2.92 bits per heavy atom. The normalized spacial score (nSPS) is 15.2. The van der Waals surface area contributed by atoms with Crippen molar-refractivity contribution in [1.82, 2.24) is 4.98 Å². The Balaban J connectivity index is 1.85. The predicted octanol–water partition coefficient (Wildman–Crippen LogP) is 3.57. The molecule has 0 saturated heterocycles. The Morgan fingerprint density at radius 1 is 1.38 bits per heavy atom. The van der Waals surface area contributed by atoms with Gasteiger partial charge in [-0.1, -0.05) is 11.6 Å². The van der Waals surface area contributed by atoms with Crippen molar-refractivity contribution in [2.45, 2.75) is 26.2 Å². The number of halogens is 1. The fourth-order valence-electron chi connectivity index (χ4n) is 2.83. The number of carboxylic acids is 1. The van der Waals surface area contributed by atoms with Crippen LogP contribution in [0.3, 0.4) is 0 Å². The summed E-state index contributed by atoms with van der Waals surface area (Å²) in [4.78, 5) is 26.2. The van der Waals surface area contributed by atoms with Crippen LogP contribution in [0.4, 0.5) is 5.69 Å². The van der Waals surface area contributed by atoms with E-state index in [1.807, 2.05) is 19.1 Å². The van der Waals surface area contributed by atoms with Crippen LogP contribution >= 0.6 is 11.6 Å². The lowest BCUT2D eigenvalue weighted by Gasteiger charge is -2.19. The molecule has 0 fully saturated rings. The highest BCUT2D eigenvalue weighted by molar-refractivity contribution is 6.30. The van der Waals surface area contributed by atoms with E-state index in [0.29, 0.717) is 23.4 Å². The number of aromatic nitrogens is 1. The van der Waals surface area contributed by atoms with E-state index in [9.17, 15) is 9.59 Å². The van der Waals surface area contributed by atoms with Crippen molar-refractivity contribution in [3.63, 3.8) is 0 Å². The minimum atomic E-state index is -0.823. The van der Waals surface area contributed by atoms with Crippen molar-refractivity contribution < 1.29 is 14.7 Å². The zero-order valence-corrected chi connectivity index (χ0v) is 13.9. The van der Waals surface area contributed by atoms with Crippen LogP contribution in [0.15, 0.2) is 29.8 Å². The number of aliphatic carboxylic acids is 1. The molecule has 6 heteroatoms. The van der Waals surface area contributed by atoms with Crippen molar-refractivity contribution in [2.24, 2.45) is 0 Å². The fraction of sp³-hybridized carbons (Fsp3) is 0.222. The monoisotopic (exact) mass is 344 g/mol. The molecule has 24 heavy (non-hydrogen) atoms. The van der Waals surface area contributed by atoms with Crippen LogP contribution in [0.25, 0.3) is 6.08 Å². The number of aryl methyl sites for hydroxylation is 2. The van der Waals surface area contributed by atoms with E-state index in [4.69, 9.17) is 16.7 Å². The lowest BCUT2D eigenvalue weighted by atomic mass is 9.97. The minimum absolute atomic E-state index is 0.0844. The van der Waals surface area contributed by atoms with Gasteiger partial charge >= 0.3 is 5.97 Å². The summed E-state index contributed by atoms with van der Waals surface area (Å²) in [5.74, 6) is -0.959. The Labute approximate surface area is 144 Å². The second kappa shape index (κ2) is 6.53. The number of fused-ring (bicyclic) bond motifs is 1. The summed E-state index contributed by atoms with van der Waals surface area (Å²) < 4.78 is 0. The van der Waals surface area contributed by atoms with Crippen molar-refractivity contribution in [2.75, 3.05) is 5.32 Å². The van der Waals surface area contributed by atoms with E-state index in [-0.39, 0.29) is 12.3 Å². The number of carbonyl (C=O) groups excluding carboxylic acids is 1. The molecule has 0 atom stereocenters. The van der Waals surface area contributed by atoms with Crippen molar-refractivity contribution >= 4 is 35.2 Å². The summed E-state index contributed by atoms with van der Waals surface area (Å²) in [5.41, 5.74) is 5.06. The lowest BCUT2D eigenvalue weighted by Crippen LogP contribution is -2.22. The van der Waals surface area contributed by atoms with Crippen molar-refractivity contribution in [3.8, 4) is 0 Å². The quantitative estimate of drug-likeness (QED) is 0.741. The van der Waals surface area contributed by atoms with Gasteiger partial charge < -0.3 is 15.4 Å². The predicted molar refractivity (Wildman–Crippen MR) is 93.2 cm³/mol. The Bertz CT molecular complexity index is 852. The number of hydrogen-bond acceptors (Lipinski definition) is 2. The summed E-state index contributed by atoms with van der Waals surface area (Å²) in [6, 6.07) is 7.29. The molecule has 3 N–H and O–H groups in total. The second-order valence-corrected chi connectivity index (χ2v) is 6.31. The topological polar surface area (TPSA) is 82.2 Å². The number of benzene rings is 1. The van der Waals surface area contributed by atoms with E-state index in [0.717, 1.165) is 28.2 Å². The smallest absolute Gasteiger partial charge is 0.303 e. The third-order valence-electron chi connectivity index (χ3n) is 4.07. The van der Waals surface area contributed by atoms with Gasteiger partial charge in [-0.3, -0.25) is 9.59 Å². The molecule has 1 aromatic heterocycles. The molecule has 3 rings (SSSR count). The molecule has 0 saturated carbocycles. The molecule has 124 valence electrons. The molecule has 0 aliphatic carbocycles. The summed E-state index contributed by atoms with van der Waals surface area (Å²) >= 11 is 6.02. The Kier molecular flexibility index (Phi) is 4.44. The molecular formula is C18H17ClN2O3. The summed E-state index contributed by atoms with van der Waals surface area (Å²) in [5, 5.41) is 12.3. The average Bonchev–Trinajstić information content (AvgIpc) is 2.86. The number of anilines is 1. The zero-order valence-electron chi connectivity index (χ0n) is 13.1. The van der Waals surface area contributed by atoms with Gasteiger partial charge in [0, 0.05) is 40.5 Å². The van der Waals surface area contributed by atoms with Crippen LogP contribution in [0.5, 0.6) is 0 Å². The van der Waals surface area contributed by atoms with E-state index < -0.39 is 5.97 Å². The Hall–Kier alpha value is -2.53. The first-order valence-corrected chi connectivity index (χ1v) is 8.01.